The number of sulfone groups is 1. The molecule has 7 nitrogen and oxygen atoms in total. The third-order valence-electron chi connectivity index (χ3n) is 5.93. The third kappa shape index (κ3) is 4.37. The number of aromatic amines is 1. The van der Waals surface area contributed by atoms with Crippen molar-refractivity contribution in [2.75, 3.05) is 0 Å². The molecule has 1 heterocycles. The van der Waals surface area contributed by atoms with Crippen molar-refractivity contribution in [1.29, 1.82) is 0 Å². The van der Waals surface area contributed by atoms with E-state index < -0.39 is 52.7 Å². The number of hydrogen-bond donors (Lipinski definition) is 2. The Balaban J connectivity index is 1.75. The molecule has 1 aromatic carbocycles. The zero-order valence-electron chi connectivity index (χ0n) is 16.4. The minimum Gasteiger partial charge on any atom is -0.282 e. The molecule has 0 radical (unpaired) electrons. The van der Waals surface area contributed by atoms with Crippen LogP contribution in [0, 0.1) is 0 Å². The van der Waals surface area contributed by atoms with Gasteiger partial charge in [0.05, 0.1) is 32.8 Å². The number of nitrogens with zero attached hydrogens (tertiary/aromatic N) is 1. The van der Waals surface area contributed by atoms with Gasteiger partial charge in [0, 0.05) is 11.3 Å². The first-order chi connectivity index (χ1) is 14.5. The molecule has 0 spiro atoms. The predicted octanol–water partition coefficient (Wildman–Crippen LogP) is 3.50. The van der Waals surface area contributed by atoms with E-state index in [2.05, 4.69) is 14.9 Å². The number of alkyl halides is 3. The Hall–Kier alpha value is -1.92. The van der Waals surface area contributed by atoms with Crippen LogP contribution in [0.25, 0.3) is 0 Å². The van der Waals surface area contributed by atoms with E-state index in [0.29, 0.717) is 62.6 Å². The predicted molar refractivity (Wildman–Crippen MR) is 105 cm³/mol. The quantitative estimate of drug-likeness (QED) is 0.685. The lowest BCUT2D eigenvalue weighted by Crippen LogP contribution is -2.31. The highest BCUT2D eigenvalue weighted by atomic mass is 32.2. The molecule has 0 saturated heterocycles. The fourth-order valence-corrected chi connectivity index (χ4v) is 7.60. The number of sulfonamides is 1. The summed E-state index contributed by atoms with van der Waals surface area (Å²) >= 11 is 0. The zero-order chi connectivity index (χ0) is 22.4. The maximum absolute atomic E-state index is 13.5. The Morgan fingerprint density at radius 1 is 0.968 bits per heavy atom. The van der Waals surface area contributed by atoms with Crippen LogP contribution in [0.15, 0.2) is 34.2 Å². The van der Waals surface area contributed by atoms with Gasteiger partial charge in [0.15, 0.2) is 9.84 Å². The third-order valence-corrected chi connectivity index (χ3v) is 9.62. The molecule has 2 N–H and O–H groups in total. The van der Waals surface area contributed by atoms with Gasteiger partial charge in [0.2, 0.25) is 10.0 Å². The average molecular weight is 478 g/mol. The van der Waals surface area contributed by atoms with Gasteiger partial charge in [0.25, 0.3) is 0 Å². The normalized spacial score (nSPS) is 20.7. The van der Waals surface area contributed by atoms with Crippen LogP contribution in [0.5, 0.6) is 0 Å². The molecule has 1 aromatic heterocycles. The van der Waals surface area contributed by atoms with Crippen molar-refractivity contribution in [1.82, 2.24) is 14.9 Å². The Morgan fingerprint density at radius 2 is 1.65 bits per heavy atom. The molecule has 1 fully saturated rings. The van der Waals surface area contributed by atoms with Gasteiger partial charge >= 0.3 is 6.18 Å². The molecule has 31 heavy (non-hydrogen) atoms. The van der Waals surface area contributed by atoms with Crippen molar-refractivity contribution in [3.05, 3.63) is 41.2 Å². The molecule has 2 aromatic rings. The van der Waals surface area contributed by atoms with Gasteiger partial charge in [-0.1, -0.05) is 12.8 Å². The molecule has 2 aliphatic rings. The van der Waals surface area contributed by atoms with Crippen LogP contribution in [0.3, 0.4) is 0 Å². The van der Waals surface area contributed by atoms with Gasteiger partial charge < -0.3 is 0 Å². The molecular weight excluding hydrogens is 455 g/mol. The van der Waals surface area contributed by atoms with E-state index in [9.17, 15) is 30.0 Å². The van der Waals surface area contributed by atoms with E-state index in [1.54, 1.807) is 0 Å². The lowest BCUT2D eigenvalue weighted by atomic mass is 9.94. The number of nitrogens with one attached hydrogen (secondary N) is 2. The van der Waals surface area contributed by atoms with E-state index in [1.165, 1.54) is 6.20 Å². The number of H-pyrrole nitrogens is 1. The molecule has 0 amide bonds. The number of halogens is 3. The lowest BCUT2D eigenvalue weighted by molar-refractivity contribution is -0.137. The summed E-state index contributed by atoms with van der Waals surface area (Å²) in [5, 5.41) is 5.90. The largest absolute Gasteiger partial charge is 0.416 e. The van der Waals surface area contributed by atoms with Crippen LogP contribution >= 0.6 is 0 Å². The van der Waals surface area contributed by atoms with Crippen molar-refractivity contribution in [2.24, 2.45) is 0 Å². The molecular formula is C19H22F3N3O4S2. The summed E-state index contributed by atoms with van der Waals surface area (Å²) in [5.41, 5.74) is 0.104. The van der Waals surface area contributed by atoms with Gasteiger partial charge in [-0.15, -0.1) is 0 Å². The average Bonchev–Trinajstić information content (AvgIpc) is 3.39. The van der Waals surface area contributed by atoms with Crippen molar-refractivity contribution in [2.45, 2.75) is 72.2 Å². The van der Waals surface area contributed by atoms with Crippen LogP contribution < -0.4 is 4.72 Å². The zero-order valence-corrected chi connectivity index (χ0v) is 18.1. The van der Waals surface area contributed by atoms with Crippen molar-refractivity contribution in [3.8, 4) is 0 Å². The Labute approximate surface area is 178 Å². The second-order valence-electron chi connectivity index (χ2n) is 8.01. The maximum atomic E-state index is 13.5. The van der Waals surface area contributed by atoms with Crippen LogP contribution in [0.4, 0.5) is 13.2 Å². The SMILES string of the molecule is O=S(=O)(N[C@@H]1CCCc2[nH]ncc21)c1cc(C(F)(F)F)cc(S(=O)(=O)C2CCCC2)c1. The Kier molecular flexibility index (Phi) is 5.67. The van der Waals surface area contributed by atoms with Crippen LogP contribution in [-0.2, 0) is 32.5 Å². The molecule has 0 unspecified atom stereocenters. The minimum absolute atomic E-state index is 0.351. The number of rotatable bonds is 5. The molecule has 0 aliphatic heterocycles. The molecule has 2 aliphatic carbocycles. The monoisotopic (exact) mass is 477 g/mol. The highest BCUT2D eigenvalue weighted by Crippen LogP contribution is 2.37. The fourth-order valence-electron chi connectivity index (χ4n) is 4.28. The van der Waals surface area contributed by atoms with E-state index in [4.69, 9.17) is 0 Å². The summed E-state index contributed by atoms with van der Waals surface area (Å²) in [6.45, 7) is 0. The number of aryl methyl sites for hydroxylation is 1. The Morgan fingerprint density at radius 3 is 2.32 bits per heavy atom. The standard InChI is InChI=1S/C19H22F3N3O4S2/c20-19(21,22)12-8-14(30(26,27)13-4-1-2-5-13)10-15(9-12)31(28,29)25-18-7-3-6-17-16(18)11-23-24-17/h8-11,13,18,25H,1-7H2,(H,23,24)/t18-/m1/s1. The second-order valence-corrected chi connectivity index (χ2v) is 12.0. The highest BCUT2D eigenvalue weighted by molar-refractivity contribution is 7.92. The van der Waals surface area contributed by atoms with Crippen LogP contribution in [0.2, 0.25) is 0 Å². The molecule has 1 saturated carbocycles. The number of fused-ring (bicyclic) bond motifs is 1. The highest BCUT2D eigenvalue weighted by Gasteiger charge is 2.37. The first kappa shape index (κ1) is 22.3. The first-order valence-corrected chi connectivity index (χ1v) is 13.0. The van der Waals surface area contributed by atoms with E-state index in [0.717, 1.165) is 11.8 Å². The molecule has 4 rings (SSSR count). The van der Waals surface area contributed by atoms with Gasteiger partial charge in [0.1, 0.15) is 0 Å². The van der Waals surface area contributed by atoms with Gasteiger partial charge in [-0.2, -0.15) is 18.3 Å². The first-order valence-electron chi connectivity index (χ1n) is 9.99. The summed E-state index contributed by atoms with van der Waals surface area (Å²) in [7, 11) is -8.51. The van der Waals surface area contributed by atoms with Crippen molar-refractivity contribution < 1.29 is 30.0 Å². The van der Waals surface area contributed by atoms with E-state index in [-0.39, 0.29) is 0 Å². The maximum Gasteiger partial charge on any atom is 0.416 e. The van der Waals surface area contributed by atoms with Crippen LogP contribution in [-0.4, -0.2) is 32.3 Å². The van der Waals surface area contributed by atoms with Gasteiger partial charge in [-0.25, -0.2) is 21.6 Å². The molecule has 0 bridgehead atoms. The minimum atomic E-state index is -4.89. The molecule has 12 heteroatoms. The summed E-state index contributed by atoms with van der Waals surface area (Å²) in [6.07, 6.45) is 0.464. The molecule has 1 atom stereocenters. The fraction of sp³-hybridized carbons (Fsp3) is 0.526. The number of benzene rings is 1. The topological polar surface area (TPSA) is 109 Å². The van der Waals surface area contributed by atoms with Crippen molar-refractivity contribution in [3.63, 3.8) is 0 Å². The van der Waals surface area contributed by atoms with E-state index in [1.807, 2.05) is 0 Å². The number of aromatic nitrogens is 2. The van der Waals surface area contributed by atoms with Crippen LogP contribution in [0.1, 0.15) is 61.4 Å². The second kappa shape index (κ2) is 7.89. The van der Waals surface area contributed by atoms with Gasteiger partial charge in [-0.05, 0) is 50.3 Å². The summed E-state index contributed by atoms with van der Waals surface area (Å²) in [5.74, 6) is 0. The lowest BCUT2D eigenvalue weighted by Gasteiger charge is -2.23. The van der Waals surface area contributed by atoms with E-state index >= 15 is 0 Å². The van der Waals surface area contributed by atoms with Gasteiger partial charge in [-0.3, -0.25) is 5.10 Å². The number of hydrogen-bond acceptors (Lipinski definition) is 5. The van der Waals surface area contributed by atoms with Crippen molar-refractivity contribution >= 4 is 19.9 Å². The summed E-state index contributed by atoms with van der Waals surface area (Å²) in [4.78, 5) is -1.32. The molecule has 170 valence electrons. The smallest absolute Gasteiger partial charge is 0.282 e. The summed E-state index contributed by atoms with van der Waals surface area (Å²) < 4.78 is 94.8. The summed E-state index contributed by atoms with van der Waals surface area (Å²) in [6, 6.07) is 1.19. The Bertz CT molecular complexity index is 1180.